The van der Waals surface area contributed by atoms with Crippen molar-refractivity contribution in [1.82, 2.24) is 4.57 Å². The maximum atomic E-state index is 12.1. The largest absolute Gasteiger partial charge is 0.383 e. The molecule has 0 bridgehead atoms. The van der Waals surface area contributed by atoms with E-state index < -0.39 is 0 Å². The lowest BCUT2D eigenvalue weighted by molar-refractivity contribution is -0.113. The zero-order chi connectivity index (χ0) is 16.1. The van der Waals surface area contributed by atoms with E-state index in [4.69, 9.17) is 4.74 Å². The lowest BCUT2D eigenvalue weighted by Crippen LogP contribution is -2.18. The van der Waals surface area contributed by atoms with Crippen LogP contribution >= 0.6 is 22.7 Å². The number of thiophene rings is 1. The van der Waals surface area contributed by atoms with Crippen molar-refractivity contribution in [2.24, 2.45) is 4.99 Å². The summed E-state index contributed by atoms with van der Waals surface area (Å²) in [6.45, 7) is 1.24. The molecule has 0 spiro atoms. The molecule has 0 fully saturated rings. The number of aromatic nitrogens is 1. The molecule has 3 aromatic rings. The summed E-state index contributed by atoms with van der Waals surface area (Å²) in [6, 6.07) is 12.0. The summed E-state index contributed by atoms with van der Waals surface area (Å²) in [6.07, 6.45) is 3.31. The molecule has 0 radical (unpaired) electrons. The Morgan fingerprint density at radius 3 is 2.96 bits per heavy atom. The van der Waals surface area contributed by atoms with Crippen molar-refractivity contribution in [1.29, 1.82) is 0 Å². The zero-order valence-corrected chi connectivity index (χ0v) is 14.3. The Hall–Kier alpha value is -2.02. The monoisotopic (exact) mass is 344 g/mol. The predicted octanol–water partition coefficient (Wildman–Crippen LogP) is 3.55. The van der Waals surface area contributed by atoms with Crippen LogP contribution in [-0.2, 0) is 16.1 Å². The highest BCUT2D eigenvalue weighted by Crippen LogP contribution is 2.16. The Labute approximate surface area is 142 Å². The van der Waals surface area contributed by atoms with Crippen LogP contribution in [0.25, 0.3) is 16.3 Å². The number of carbonyl (C=O) groups is 1. The van der Waals surface area contributed by atoms with Gasteiger partial charge in [-0.1, -0.05) is 29.5 Å². The van der Waals surface area contributed by atoms with Gasteiger partial charge in [-0.3, -0.25) is 4.79 Å². The van der Waals surface area contributed by atoms with Crippen LogP contribution in [-0.4, -0.2) is 24.2 Å². The van der Waals surface area contributed by atoms with Crippen LogP contribution in [0, 0.1) is 0 Å². The number of amides is 1. The molecule has 0 atom stereocenters. The molecule has 0 saturated heterocycles. The van der Waals surface area contributed by atoms with E-state index in [0.29, 0.717) is 18.0 Å². The third-order valence-corrected chi connectivity index (χ3v) is 5.14. The number of carbonyl (C=O) groups excluding carboxylic acids is 1. The van der Waals surface area contributed by atoms with Crippen LogP contribution in [0.2, 0.25) is 0 Å². The molecule has 0 N–H and O–H groups in total. The van der Waals surface area contributed by atoms with Crippen LogP contribution in [0.1, 0.15) is 4.88 Å². The van der Waals surface area contributed by atoms with Crippen LogP contribution < -0.4 is 4.80 Å². The Morgan fingerprint density at radius 2 is 2.17 bits per heavy atom. The van der Waals surface area contributed by atoms with Gasteiger partial charge in [0.05, 0.1) is 16.8 Å². The highest BCUT2D eigenvalue weighted by Gasteiger charge is 2.06. The summed E-state index contributed by atoms with van der Waals surface area (Å²) < 4.78 is 8.30. The van der Waals surface area contributed by atoms with Gasteiger partial charge in [-0.15, -0.1) is 11.3 Å². The number of thiazole rings is 1. The van der Waals surface area contributed by atoms with Gasteiger partial charge in [0.2, 0.25) is 0 Å². The number of para-hydroxylation sites is 1. The molecule has 2 aromatic heterocycles. The van der Waals surface area contributed by atoms with Crippen molar-refractivity contribution in [2.75, 3.05) is 13.7 Å². The summed E-state index contributed by atoms with van der Waals surface area (Å²) in [5.74, 6) is -0.254. The van der Waals surface area contributed by atoms with Gasteiger partial charge in [-0.2, -0.15) is 4.99 Å². The average Bonchev–Trinajstić information content (AvgIpc) is 3.18. The number of fused-ring (bicyclic) bond motifs is 1. The molecule has 1 amide bonds. The lowest BCUT2D eigenvalue weighted by atomic mass is 10.3. The highest BCUT2D eigenvalue weighted by molar-refractivity contribution is 7.16. The fourth-order valence-electron chi connectivity index (χ4n) is 2.18. The van der Waals surface area contributed by atoms with E-state index in [1.54, 1.807) is 24.5 Å². The molecule has 0 aliphatic rings. The normalized spacial score (nSPS) is 12.5. The molecule has 2 heterocycles. The highest BCUT2D eigenvalue weighted by atomic mass is 32.1. The van der Waals surface area contributed by atoms with Crippen LogP contribution in [0.5, 0.6) is 0 Å². The van der Waals surface area contributed by atoms with E-state index in [0.717, 1.165) is 15.1 Å². The van der Waals surface area contributed by atoms with E-state index in [2.05, 4.69) is 4.99 Å². The van der Waals surface area contributed by atoms with Crippen molar-refractivity contribution in [3.63, 3.8) is 0 Å². The van der Waals surface area contributed by atoms with Gasteiger partial charge < -0.3 is 9.30 Å². The maximum absolute atomic E-state index is 12.1. The van der Waals surface area contributed by atoms with Gasteiger partial charge in [0, 0.05) is 24.6 Å². The second-order valence-electron chi connectivity index (χ2n) is 4.80. The standard InChI is InChI=1S/C17H16N2O2S2/c1-21-11-10-19-14-6-2-3-7-15(14)23-17(19)18-16(20)9-8-13-5-4-12-22-13/h2-9,12H,10-11H2,1H3/b9-8+,18-17?. The Balaban J connectivity index is 1.95. The third kappa shape index (κ3) is 3.85. The van der Waals surface area contributed by atoms with E-state index in [9.17, 15) is 4.79 Å². The number of hydrogen-bond acceptors (Lipinski definition) is 4. The SMILES string of the molecule is COCCn1c(=NC(=O)/C=C/c2cccs2)sc2ccccc21. The lowest BCUT2D eigenvalue weighted by Gasteiger charge is -2.03. The molecule has 0 aliphatic heterocycles. The first-order valence-electron chi connectivity index (χ1n) is 7.15. The Kier molecular flexibility index (Phi) is 5.17. The Bertz CT molecular complexity index is 889. The summed E-state index contributed by atoms with van der Waals surface area (Å²) >= 11 is 3.10. The first-order chi connectivity index (χ1) is 11.3. The molecule has 4 nitrogen and oxygen atoms in total. The molecular formula is C17H16N2O2S2. The first kappa shape index (κ1) is 15.9. The Morgan fingerprint density at radius 1 is 1.30 bits per heavy atom. The maximum Gasteiger partial charge on any atom is 0.272 e. The number of hydrogen-bond donors (Lipinski definition) is 0. The summed E-state index contributed by atoms with van der Waals surface area (Å²) in [5, 5.41) is 1.98. The van der Waals surface area contributed by atoms with Gasteiger partial charge in [0.1, 0.15) is 0 Å². The van der Waals surface area contributed by atoms with E-state index in [-0.39, 0.29) is 5.91 Å². The minimum absolute atomic E-state index is 0.254. The van der Waals surface area contributed by atoms with Gasteiger partial charge in [-0.25, -0.2) is 0 Å². The van der Waals surface area contributed by atoms with Gasteiger partial charge in [0.25, 0.3) is 5.91 Å². The van der Waals surface area contributed by atoms with Gasteiger partial charge in [0.15, 0.2) is 4.80 Å². The van der Waals surface area contributed by atoms with Crippen LogP contribution in [0.4, 0.5) is 0 Å². The predicted molar refractivity (Wildman–Crippen MR) is 95.6 cm³/mol. The zero-order valence-electron chi connectivity index (χ0n) is 12.6. The number of rotatable bonds is 5. The molecule has 23 heavy (non-hydrogen) atoms. The van der Waals surface area contributed by atoms with Crippen LogP contribution in [0.3, 0.4) is 0 Å². The van der Waals surface area contributed by atoms with Crippen molar-refractivity contribution >= 4 is 44.9 Å². The van der Waals surface area contributed by atoms with Crippen molar-refractivity contribution in [3.8, 4) is 0 Å². The molecule has 0 aliphatic carbocycles. The molecule has 0 unspecified atom stereocenters. The van der Waals surface area contributed by atoms with Gasteiger partial charge >= 0.3 is 0 Å². The average molecular weight is 344 g/mol. The minimum atomic E-state index is -0.254. The molecule has 6 heteroatoms. The minimum Gasteiger partial charge on any atom is -0.383 e. The third-order valence-electron chi connectivity index (χ3n) is 3.25. The number of ether oxygens (including phenoxy) is 1. The summed E-state index contributed by atoms with van der Waals surface area (Å²) in [5.41, 5.74) is 1.07. The smallest absolute Gasteiger partial charge is 0.272 e. The first-order valence-corrected chi connectivity index (χ1v) is 8.85. The molecule has 0 saturated carbocycles. The van der Waals surface area contributed by atoms with E-state index in [1.165, 1.54) is 17.4 Å². The quantitative estimate of drug-likeness (QED) is 0.664. The molecule has 118 valence electrons. The number of methoxy groups -OCH3 is 1. The van der Waals surface area contributed by atoms with Crippen molar-refractivity contribution in [3.05, 3.63) is 57.5 Å². The molecular weight excluding hydrogens is 328 g/mol. The summed E-state index contributed by atoms with van der Waals surface area (Å²) in [7, 11) is 1.67. The van der Waals surface area contributed by atoms with Crippen LogP contribution in [0.15, 0.2) is 52.8 Å². The second kappa shape index (κ2) is 7.50. The summed E-state index contributed by atoms with van der Waals surface area (Å²) in [4.78, 5) is 18.1. The fourth-order valence-corrected chi connectivity index (χ4v) is 3.86. The molecule has 3 rings (SSSR count). The van der Waals surface area contributed by atoms with E-state index >= 15 is 0 Å². The van der Waals surface area contributed by atoms with Gasteiger partial charge in [-0.05, 0) is 29.7 Å². The van der Waals surface area contributed by atoms with Crippen molar-refractivity contribution < 1.29 is 9.53 Å². The fraction of sp³-hybridized carbons (Fsp3) is 0.176. The molecule has 1 aromatic carbocycles. The topological polar surface area (TPSA) is 43.6 Å². The van der Waals surface area contributed by atoms with E-state index in [1.807, 2.05) is 46.3 Å². The number of benzene rings is 1. The number of nitrogens with zero attached hydrogens (tertiary/aromatic N) is 2. The second-order valence-corrected chi connectivity index (χ2v) is 6.78. The van der Waals surface area contributed by atoms with Crippen molar-refractivity contribution in [2.45, 2.75) is 6.54 Å².